The predicted octanol–water partition coefficient (Wildman–Crippen LogP) is 5.69. The highest BCUT2D eigenvalue weighted by atomic mass is 79.9. The number of rotatable bonds is 6. The van der Waals surface area contributed by atoms with E-state index in [1.165, 1.54) is 24.3 Å². The van der Waals surface area contributed by atoms with E-state index in [1.54, 1.807) is 0 Å². The van der Waals surface area contributed by atoms with Gasteiger partial charge in [-0.3, -0.25) is 0 Å². The number of hydrogen-bond donors (Lipinski definition) is 0. The van der Waals surface area contributed by atoms with Crippen molar-refractivity contribution in [2.75, 3.05) is 6.61 Å². The monoisotopic (exact) mass is 418 g/mol. The van der Waals surface area contributed by atoms with E-state index in [0.29, 0.717) is 4.47 Å². The van der Waals surface area contributed by atoms with Crippen LogP contribution in [0.1, 0.15) is 6.42 Å². The second-order valence-corrected chi connectivity index (χ2v) is 5.32. The zero-order chi connectivity index (χ0) is 18.1. The van der Waals surface area contributed by atoms with E-state index in [2.05, 4.69) is 20.7 Å². The number of hydrogen-bond acceptors (Lipinski definition) is 1. The summed E-state index contributed by atoms with van der Waals surface area (Å²) in [4.78, 5) is 0. The Bertz CT molecular complexity index is 524. The predicted molar refractivity (Wildman–Crippen MR) is 65.2 cm³/mol. The molecular formula is C12H8BrF9O. The van der Waals surface area contributed by atoms with Crippen LogP contribution in [0.2, 0.25) is 0 Å². The molecule has 0 aliphatic heterocycles. The van der Waals surface area contributed by atoms with Gasteiger partial charge in [0.2, 0.25) is 0 Å². The average Bonchev–Trinajstić information content (AvgIpc) is 2.39. The molecular weight excluding hydrogens is 411 g/mol. The highest BCUT2D eigenvalue weighted by Crippen LogP contribution is 2.53. The van der Waals surface area contributed by atoms with Crippen LogP contribution in [0, 0.1) is 0 Å². The number of halogens is 10. The van der Waals surface area contributed by atoms with E-state index in [4.69, 9.17) is 0 Å². The first kappa shape index (κ1) is 19.9. The second kappa shape index (κ2) is 6.40. The third-order valence-corrected chi connectivity index (χ3v) is 3.24. The van der Waals surface area contributed by atoms with Crippen LogP contribution < -0.4 is 4.74 Å². The molecule has 132 valence electrons. The third-order valence-electron chi connectivity index (χ3n) is 2.71. The number of alkyl halides is 9. The molecule has 0 radical (unpaired) electrons. The Morgan fingerprint density at radius 2 is 1.26 bits per heavy atom. The second-order valence-electron chi connectivity index (χ2n) is 4.40. The molecule has 0 saturated carbocycles. The van der Waals surface area contributed by atoms with Crippen molar-refractivity contribution in [1.29, 1.82) is 0 Å². The zero-order valence-electron chi connectivity index (χ0n) is 10.9. The van der Waals surface area contributed by atoms with E-state index in [-0.39, 0.29) is 5.75 Å². The first-order valence-electron chi connectivity index (χ1n) is 5.81. The molecule has 0 spiro atoms. The van der Waals surface area contributed by atoms with Crippen molar-refractivity contribution in [3.05, 3.63) is 28.7 Å². The van der Waals surface area contributed by atoms with E-state index >= 15 is 0 Å². The topological polar surface area (TPSA) is 9.23 Å². The molecule has 0 aliphatic rings. The molecule has 11 heteroatoms. The smallest absolute Gasteiger partial charge is 0.460 e. The summed E-state index contributed by atoms with van der Waals surface area (Å²) < 4.78 is 118. The molecule has 0 unspecified atom stereocenters. The maximum atomic E-state index is 13.2. The molecule has 0 atom stereocenters. The number of benzene rings is 1. The Morgan fingerprint density at radius 1 is 0.783 bits per heavy atom. The molecule has 0 N–H and O–H groups in total. The zero-order valence-corrected chi connectivity index (χ0v) is 12.5. The number of ether oxygens (including phenoxy) is 1. The van der Waals surface area contributed by atoms with Gasteiger partial charge in [0, 0.05) is 4.47 Å². The molecule has 1 nitrogen and oxygen atoms in total. The van der Waals surface area contributed by atoms with E-state index in [1.807, 2.05) is 0 Å². The highest BCUT2D eigenvalue weighted by molar-refractivity contribution is 9.10. The minimum absolute atomic E-state index is 0.0464. The summed E-state index contributed by atoms with van der Waals surface area (Å²) in [6.45, 7) is -1.18. The minimum Gasteiger partial charge on any atom is -0.493 e. The normalized spacial score (nSPS) is 14.0. The van der Waals surface area contributed by atoms with Crippen LogP contribution in [0.3, 0.4) is 0 Å². The largest absolute Gasteiger partial charge is 0.493 e. The summed E-state index contributed by atoms with van der Waals surface area (Å²) in [6, 6.07) is 5.34. The standard InChI is InChI=1S/C12H8BrF9O/c13-7-1-3-8(4-2-7)23-6-5-9(14,15)10(16,17)11(18,19)12(20,21)22/h1-4H,5-6H2. The molecule has 0 fully saturated rings. The van der Waals surface area contributed by atoms with Crippen molar-refractivity contribution >= 4 is 15.9 Å². The quantitative estimate of drug-likeness (QED) is 0.539. The van der Waals surface area contributed by atoms with Gasteiger partial charge in [-0.1, -0.05) is 15.9 Å². The molecule has 1 aromatic carbocycles. The Kier molecular flexibility index (Phi) is 5.55. The molecule has 0 aliphatic carbocycles. The van der Waals surface area contributed by atoms with Crippen molar-refractivity contribution in [2.24, 2.45) is 0 Å². The fourth-order valence-electron chi connectivity index (χ4n) is 1.39. The SMILES string of the molecule is FC(F)(F)C(F)(F)C(F)(F)C(F)(F)CCOc1ccc(Br)cc1. The van der Waals surface area contributed by atoms with Crippen LogP contribution in [0.15, 0.2) is 28.7 Å². The van der Waals surface area contributed by atoms with Crippen molar-refractivity contribution in [3.8, 4) is 5.75 Å². The Morgan fingerprint density at radius 3 is 1.70 bits per heavy atom. The summed E-state index contributed by atoms with van der Waals surface area (Å²) in [5.74, 6) is -19.2. The lowest BCUT2D eigenvalue weighted by atomic mass is 10.0. The van der Waals surface area contributed by atoms with E-state index < -0.39 is 37.0 Å². The van der Waals surface area contributed by atoms with Crippen molar-refractivity contribution in [2.45, 2.75) is 30.4 Å². The summed E-state index contributed by atoms with van der Waals surface area (Å²) in [5, 5.41) is 0. The van der Waals surface area contributed by atoms with Crippen LogP contribution in [0.25, 0.3) is 0 Å². The molecule has 0 bridgehead atoms. The van der Waals surface area contributed by atoms with Gasteiger partial charge in [0.1, 0.15) is 5.75 Å². The Hall–Kier alpha value is -1.13. The van der Waals surface area contributed by atoms with E-state index in [0.717, 1.165) is 0 Å². The molecule has 0 aromatic heterocycles. The van der Waals surface area contributed by atoms with Gasteiger partial charge in [-0.25, -0.2) is 0 Å². The van der Waals surface area contributed by atoms with Gasteiger partial charge in [0.25, 0.3) is 0 Å². The maximum absolute atomic E-state index is 13.2. The first-order chi connectivity index (χ1) is 10.2. The van der Waals surface area contributed by atoms with Gasteiger partial charge in [0.15, 0.2) is 0 Å². The Labute approximate surface area is 132 Å². The van der Waals surface area contributed by atoms with Crippen LogP contribution in [-0.4, -0.2) is 30.6 Å². The molecule has 1 aromatic rings. The van der Waals surface area contributed by atoms with Crippen molar-refractivity contribution in [1.82, 2.24) is 0 Å². The lowest BCUT2D eigenvalue weighted by molar-refractivity contribution is -0.397. The van der Waals surface area contributed by atoms with Crippen molar-refractivity contribution < 1.29 is 44.3 Å². The third kappa shape index (κ3) is 4.04. The maximum Gasteiger partial charge on any atom is 0.460 e. The van der Waals surface area contributed by atoms with Gasteiger partial charge in [0.05, 0.1) is 13.0 Å². The summed E-state index contributed by atoms with van der Waals surface area (Å²) >= 11 is 3.05. The minimum atomic E-state index is -6.87. The van der Waals surface area contributed by atoms with Gasteiger partial charge in [-0.2, -0.15) is 39.5 Å². The van der Waals surface area contributed by atoms with Gasteiger partial charge >= 0.3 is 23.9 Å². The lowest BCUT2D eigenvalue weighted by Gasteiger charge is -2.33. The lowest BCUT2D eigenvalue weighted by Crippen LogP contribution is -2.61. The van der Waals surface area contributed by atoms with Crippen LogP contribution >= 0.6 is 15.9 Å². The Balaban J connectivity index is 2.79. The molecule has 23 heavy (non-hydrogen) atoms. The molecule has 0 amide bonds. The summed E-state index contributed by atoms with van der Waals surface area (Å²) in [6.07, 6.45) is -8.84. The molecule has 1 rings (SSSR count). The fraction of sp³-hybridized carbons (Fsp3) is 0.500. The summed E-state index contributed by atoms with van der Waals surface area (Å²) in [7, 11) is 0. The highest BCUT2D eigenvalue weighted by Gasteiger charge is 2.81. The van der Waals surface area contributed by atoms with Gasteiger partial charge < -0.3 is 4.74 Å². The average molecular weight is 419 g/mol. The van der Waals surface area contributed by atoms with Crippen LogP contribution in [0.5, 0.6) is 5.75 Å². The first-order valence-corrected chi connectivity index (χ1v) is 6.60. The molecule has 0 saturated heterocycles. The summed E-state index contributed by atoms with van der Waals surface area (Å²) in [5.41, 5.74) is 0. The van der Waals surface area contributed by atoms with Crippen LogP contribution in [-0.2, 0) is 0 Å². The van der Waals surface area contributed by atoms with Crippen molar-refractivity contribution in [3.63, 3.8) is 0 Å². The van der Waals surface area contributed by atoms with Crippen LogP contribution in [0.4, 0.5) is 39.5 Å². The van der Waals surface area contributed by atoms with Gasteiger partial charge in [-0.05, 0) is 24.3 Å². The molecule has 0 heterocycles. The fourth-order valence-corrected chi connectivity index (χ4v) is 1.66. The van der Waals surface area contributed by atoms with Gasteiger partial charge in [-0.15, -0.1) is 0 Å². The van der Waals surface area contributed by atoms with E-state index in [9.17, 15) is 39.5 Å².